The minimum atomic E-state index is -1.62. The van der Waals surface area contributed by atoms with E-state index in [0.29, 0.717) is 16.5 Å². The molecule has 0 saturated carbocycles. The highest BCUT2D eigenvalue weighted by Crippen LogP contribution is 2.35. The van der Waals surface area contributed by atoms with Crippen molar-refractivity contribution in [3.8, 4) is 11.7 Å². The normalized spacial score (nSPS) is 18.4. The zero-order valence-corrected chi connectivity index (χ0v) is 22.9. The molecule has 0 amide bonds. The third kappa shape index (κ3) is 4.06. The molecule has 0 spiro atoms. The van der Waals surface area contributed by atoms with E-state index in [1.807, 2.05) is 0 Å². The summed E-state index contributed by atoms with van der Waals surface area (Å²) in [5.41, 5.74) is -1.01. The van der Waals surface area contributed by atoms with Crippen LogP contribution in [-0.2, 0) is 6.54 Å². The molecule has 10 nitrogen and oxygen atoms in total. The number of anilines is 1. The molecule has 42 heavy (non-hydrogen) atoms. The fourth-order valence-corrected chi connectivity index (χ4v) is 6.27. The second-order valence-corrected chi connectivity index (χ2v) is 10.8. The molecule has 0 unspecified atom stereocenters. The van der Waals surface area contributed by atoms with Gasteiger partial charge in [-0.15, -0.1) is 0 Å². The number of aromatic nitrogens is 5. The van der Waals surface area contributed by atoms with E-state index >= 15 is 0 Å². The molecule has 4 aromatic heterocycles. The molecule has 1 aromatic carbocycles. The van der Waals surface area contributed by atoms with Crippen LogP contribution >= 0.6 is 11.6 Å². The quantitative estimate of drug-likeness (QED) is 0.311. The zero-order chi connectivity index (χ0) is 29.3. The van der Waals surface area contributed by atoms with Crippen LogP contribution in [0, 0.1) is 17.5 Å². The molecule has 2 aliphatic heterocycles. The Kier molecular flexibility index (Phi) is 6.24. The van der Waals surface area contributed by atoms with E-state index in [4.69, 9.17) is 21.3 Å². The average Bonchev–Trinajstić information content (AvgIpc) is 3.49. The lowest BCUT2D eigenvalue weighted by atomic mass is 10.1. The number of nitrogens with one attached hydrogen (secondary N) is 1. The van der Waals surface area contributed by atoms with E-state index in [1.54, 1.807) is 18.2 Å². The van der Waals surface area contributed by atoms with Crippen molar-refractivity contribution in [1.82, 2.24) is 28.8 Å². The van der Waals surface area contributed by atoms with Gasteiger partial charge in [0.1, 0.15) is 22.7 Å². The monoisotopic (exact) mass is 597 g/mol. The minimum Gasteiger partial charge on any atom is -0.480 e. The first-order valence-electron chi connectivity index (χ1n) is 13.2. The SMILES string of the molecule is COc1nc(N2[C@@H]3CC[C@H]2CNC3)cc2c1c(=O)n(-c1cnc3ccc(Cl)cn13)c(=O)n2Cc1cc(F)c(F)c(F)c1. The highest BCUT2D eigenvalue weighted by atomic mass is 35.5. The molecule has 2 fully saturated rings. The minimum absolute atomic E-state index is 0.0174. The molecular weight excluding hydrogens is 575 g/mol. The van der Waals surface area contributed by atoms with Gasteiger partial charge < -0.3 is 15.0 Å². The second-order valence-electron chi connectivity index (χ2n) is 10.4. The van der Waals surface area contributed by atoms with Crippen molar-refractivity contribution in [3.05, 3.63) is 91.6 Å². The lowest BCUT2D eigenvalue weighted by molar-refractivity contribution is 0.400. The van der Waals surface area contributed by atoms with Gasteiger partial charge in [-0.2, -0.15) is 4.98 Å². The zero-order valence-electron chi connectivity index (χ0n) is 22.2. The Hall–Kier alpha value is -4.36. The molecule has 7 rings (SSSR count). The molecule has 14 heteroatoms. The first kappa shape index (κ1) is 26.5. The van der Waals surface area contributed by atoms with Gasteiger partial charge in [-0.3, -0.25) is 13.8 Å². The van der Waals surface area contributed by atoms with Crippen LogP contribution in [0.15, 0.2) is 52.3 Å². The lowest BCUT2D eigenvalue weighted by Gasteiger charge is -2.36. The summed E-state index contributed by atoms with van der Waals surface area (Å²) in [5.74, 6) is -3.84. The van der Waals surface area contributed by atoms with Crippen molar-refractivity contribution in [2.75, 3.05) is 25.1 Å². The van der Waals surface area contributed by atoms with Crippen molar-refractivity contribution in [1.29, 1.82) is 0 Å². The van der Waals surface area contributed by atoms with E-state index in [1.165, 1.54) is 28.5 Å². The predicted octanol–water partition coefficient (Wildman–Crippen LogP) is 3.26. The summed E-state index contributed by atoms with van der Waals surface area (Å²) < 4.78 is 51.4. The third-order valence-electron chi connectivity index (χ3n) is 7.98. The van der Waals surface area contributed by atoms with Crippen LogP contribution in [0.5, 0.6) is 5.88 Å². The van der Waals surface area contributed by atoms with Crippen molar-refractivity contribution >= 4 is 34.0 Å². The molecule has 0 radical (unpaired) electrons. The van der Waals surface area contributed by atoms with Gasteiger partial charge in [0.25, 0.3) is 5.56 Å². The van der Waals surface area contributed by atoms with Gasteiger partial charge in [0.15, 0.2) is 17.5 Å². The van der Waals surface area contributed by atoms with E-state index in [-0.39, 0.29) is 46.8 Å². The average molecular weight is 598 g/mol. The summed E-state index contributed by atoms with van der Waals surface area (Å²) in [7, 11) is 1.37. The maximum absolute atomic E-state index is 14.2. The largest absolute Gasteiger partial charge is 0.480 e. The first-order chi connectivity index (χ1) is 20.2. The van der Waals surface area contributed by atoms with Crippen LogP contribution in [0.3, 0.4) is 0 Å². The summed E-state index contributed by atoms with van der Waals surface area (Å²) in [5, 5.41) is 3.71. The standard InChI is InChI=1S/C28H23ClF3N7O3/c1-42-26-24-20(8-22(35-26)38-16-3-4-17(38)10-33-9-16)36(12-14-6-18(30)25(32)19(31)7-14)28(41)39(27(24)40)23-11-34-21-5-2-15(29)13-37(21)23/h2,5-8,11,13,16-17,33H,3-4,9-10,12H2,1H3/t16-,17+. The Balaban J connectivity index is 1.54. The third-order valence-corrected chi connectivity index (χ3v) is 8.21. The maximum Gasteiger partial charge on any atom is 0.337 e. The number of methoxy groups -OCH3 is 1. The second kappa shape index (κ2) is 9.88. The number of benzene rings is 1. The van der Waals surface area contributed by atoms with E-state index in [9.17, 15) is 22.8 Å². The summed E-state index contributed by atoms with van der Waals surface area (Å²) >= 11 is 6.20. The van der Waals surface area contributed by atoms with Crippen LogP contribution in [-0.4, -0.2) is 55.8 Å². The van der Waals surface area contributed by atoms with Crippen molar-refractivity contribution < 1.29 is 17.9 Å². The Labute approximate surface area is 240 Å². The Morgan fingerprint density at radius 1 is 1.07 bits per heavy atom. The Bertz CT molecular complexity index is 1990. The smallest absolute Gasteiger partial charge is 0.337 e. The van der Waals surface area contributed by atoms with Gasteiger partial charge in [0.2, 0.25) is 5.88 Å². The number of pyridine rings is 2. The number of rotatable bonds is 5. The molecule has 6 heterocycles. The fourth-order valence-electron chi connectivity index (χ4n) is 6.11. The Morgan fingerprint density at radius 3 is 2.48 bits per heavy atom. The first-order valence-corrected chi connectivity index (χ1v) is 13.6. The molecule has 216 valence electrons. The number of ether oxygens (including phenoxy) is 1. The van der Waals surface area contributed by atoms with Gasteiger partial charge in [-0.25, -0.2) is 27.5 Å². The van der Waals surface area contributed by atoms with Gasteiger partial charge in [-0.05, 0) is 42.7 Å². The molecular formula is C28H23ClF3N7O3. The number of hydrogen-bond acceptors (Lipinski definition) is 7. The van der Waals surface area contributed by atoms with Crippen LogP contribution in [0.2, 0.25) is 5.02 Å². The fraction of sp³-hybridized carbons (Fsp3) is 0.286. The lowest BCUT2D eigenvalue weighted by Crippen LogP contribution is -2.52. The molecule has 5 aromatic rings. The number of hydrogen-bond donors (Lipinski definition) is 1. The van der Waals surface area contributed by atoms with E-state index < -0.39 is 28.7 Å². The Morgan fingerprint density at radius 2 is 1.79 bits per heavy atom. The van der Waals surface area contributed by atoms with Crippen LogP contribution in [0.1, 0.15) is 18.4 Å². The van der Waals surface area contributed by atoms with E-state index in [0.717, 1.165) is 42.6 Å². The topological polar surface area (TPSA) is 98.7 Å². The summed E-state index contributed by atoms with van der Waals surface area (Å²) in [6.45, 7) is 1.11. The van der Waals surface area contributed by atoms with Crippen molar-refractivity contribution in [3.63, 3.8) is 0 Å². The molecule has 2 bridgehead atoms. The summed E-state index contributed by atoms with van der Waals surface area (Å²) in [6, 6.07) is 6.81. The number of halogens is 4. The highest BCUT2D eigenvalue weighted by Gasteiger charge is 2.38. The van der Waals surface area contributed by atoms with Crippen molar-refractivity contribution in [2.45, 2.75) is 31.5 Å². The number of nitrogens with zero attached hydrogens (tertiary/aromatic N) is 6. The van der Waals surface area contributed by atoms with E-state index in [2.05, 4.69) is 15.2 Å². The van der Waals surface area contributed by atoms with Gasteiger partial charge in [0.05, 0.1) is 30.4 Å². The molecule has 2 saturated heterocycles. The molecule has 0 aliphatic carbocycles. The van der Waals surface area contributed by atoms with Gasteiger partial charge >= 0.3 is 5.69 Å². The van der Waals surface area contributed by atoms with Crippen LogP contribution < -0.4 is 26.2 Å². The van der Waals surface area contributed by atoms with Crippen LogP contribution in [0.4, 0.5) is 19.0 Å². The number of piperazine rings is 1. The predicted molar refractivity (Wildman–Crippen MR) is 149 cm³/mol. The molecule has 2 atom stereocenters. The summed E-state index contributed by atoms with van der Waals surface area (Å²) in [6.07, 6.45) is 4.73. The number of fused-ring (bicyclic) bond motifs is 4. The number of imidazole rings is 1. The molecule has 2 aliphatic rings. The maximum atomic E-state index is 14.2. The van der Waals surface area contributed by atoms with Gasteiger partial charge in [-0.1, -0.05) is 11.6 Å². The van der Waals surface area contributed by atoms with Gasteiger partial charge in [0, 0.05) is 37.4 Å². The van der Waals surface area contributed by atoms with Crippen molar-refractivity contribution in [2.24, 2.45) is 0 Å². The molecule has 1 N–H and O–H groups in total. The van der Waals surface area contributed by atoms with Crippen LogP contribution in [0.25, 0.3) is 22.4 Å². The highest BCUT2D eigenvalue weighted by molar-refractivity contribution is 6.30. The summed E-state index contributed by atoms with van der Waals surface area (Å²) in [4.78, 5) is 39.4.